The van der Waals surface area contributed by atoms with Crippen LogP contribution in [0.3, 0.4) is 0 Å². The van der Waals surface area contributed by atoms with Crippen LogP contribution in [0, 0.1) is 0 Å². The SMILES string of the molecule is CC[C@@H]1OC(C)=N[C@@H]1CC. The van der Waals surface area contributed by atoms with Crippen molar-refractivity contribution in [3.8, 4) is 0 Å². The Balaban J connectivity index is 2.52. The van der Waals surface area contributed by atoms with Crippen LogP contribution in [0.5, 0.6) is 0 Å². The summed E-state index contributed by atoms with van der Waals surface area (Å²) in [6.45, 7) is 6.22. The Labute approximate surface area is 62.3 Å². The molecule has 0 saturated carbocycles. The molecule has 1 rings (SSSR count). The van der Waals surface area contributed by atoms with Crippen LogP contribution in [0.1, 0.15) is 33.6 Å². The summed E-state index contributed by atoms with van der Waals surface area (Å²) in [6.07, 6.45) is 2.51. The second-order valence-electron chi connectivity index (χ2n) is 2.69. The van der Waals surface area contributed by atoms with Crippen molar-refractivity contribution in [1.29, 1.82) is 0 Å². The van der Waals surface area contributed by atoms with Crippen LogP contribution in [0.4, 0.5) is 0 Å². The summed E-state index contributed by atoms with van der Waals surface area (Å²) < 4.78 is 5.46. The van der Waals surface area contributed by atoms with Crippen LogP contribution < -0.4 is 0 Å². The quantitative estimate of drug-likeness (QED) is 0.576. The van der Waals surface area contributed by atoms with Gasteiger partial charge in [0.2, 0.25) is 0 Å². The van der Waals surface area contributed by atoms with E-state index in [4.69, 9.17) is 4.74 Å². The van der Waals surface area contributed by atoms with Gasteiger partial charge in [-0.25, -0.2) is 4.99 Å². The van der Waals surface area contributed by atoms with Crippen LogP contribution in [-0.2, 0) is 4.74 Å². The molecule has 0 aromatic rings. The zero-order chi connectivity index (χ0) is 7.56. The van der Waals surface area contributed by atoms with E-state index >= 15 is 0 Å². The molecule has 2 heteroatoms. The van der Waals surface area contributed by atoms with Crippen LogP contribution in [-0.4, -0.2) is 18.0 Å². The maximum atomic E-state index is 5.46. The molecule has 0 aliphatic carbocycles. The molecule has 0 N–H and O–H groups in total. The third-order valence-electron chi connectivity index (χ3n) is 1.92. The predicted octanol–water partition coefficient (Wildman–Crippen LogP) is 1.99. The number of aliphatic imine (C=N–C) groups is 1. The molecule has 0 saturated heterocycles. The van der Waals surface area contributed by atoms with Crippen molar-refractivity contribution >= 4 is 5.90 Å². The van der Waals surface area contributed by atoms with Gasteiger partial charge < -0.3 is 4.74 Å². The summed E-state index contributed by atoms with van der Waals surface area (Å²) in [4.78, 5) is 4.35. The van der Waals surface area contributed by atoms with E-state index in [-0.39, 0.29) is 0 Å². The van der Waals surface area contributed by atoms with Crippen molar-refractivity contribution in [2.24, 2.45) is 4.99 Å². The van der Waals surface area contributed by atoms with Gasteiger partial charge in [0, 0.05) is 6.92 Å². The van der Waals surface area contributed by atoms with E-state index in [1.165, 1.54) is 0 Å². The topological polar surface area (TPSA) is 21.6 Å². The molecule has 2 atom stereocenters. The van der Waals surface area contributed by atoms with Gasteiger partial charge in [-0.2, -0.15) is 0 Å². The van der Waals surface area contributed by atoms with Crippen molar-refractivity contribution < 1.29 is 4.74 Å². The normalized spacial score (nSPS) is 31.7. The molecule has 10 heavy (non-hydrogen) atoms. The maximum Gasteiger partial charge on any atom is 0.180 e. The molecule has 2 nitrogen and oxygen atoms in total. The van der Waals surface area contributed by atoms with Crippen LogP contribution in [0.2, 0.25) is 0 Å². The van der Waals surface area contributed by atoms with Gasteiger partial charge in [0.25, 0.3) is 0 Å². The third-order valence-corrected chi connectivity index (χ3v) is 1.92. The third kappa shape index (κ3) is 1.31. The monoisotopic (exact) mass is 141 g/mol. The van der Waals surface area contributed by atoms with Gasteiger partial charge in [0.15, 0.2) is 5.90 Å². The zero-order valence-corrected chi connectivity index (χ0v) is 6.92. The highest BCUT2D eigenvalue weighted by Crippen LogP contribution is 2.18. The molecule has 0 fully saturated rings. The number of nitrogens with zero attached hydrogens (tertiary/aromatic N) is 1. The fourth-order valence-corrected chi connectivity index (χ4v) is 1.35. The van der Waals surface area contributed by atoms with E-state index in [1.807, 2.05) is 6.92 Å². The van der Waals surface area contributed by atoms with Crippen LogP contribution in [0.25, 0.3) is 0 Å². The first-order chi connectivity index (χ1) is 4.77. The first kappa shape index (κ1) is 7.58. The molecule has 0 aromatic heterocycles. The molecule has 0 unspecified atom stereocenters. The Kier molecular flexibility index (Phi) is 2.30. The van der Waals surface area contributed by atoms with Gasteiger partial charge in [-0.1, -0.05) is 13.8 Å². The summed E-state index contributed by atoms with van der Waals surface area (Å²) in [5.74, 6) is 0.860. The fraction of sp³-hybridized carbons (Fsp3) is 0.875. The summed E-state index contributed by atoms with van der Waals surface area (Å²) >= 11 is 0. The van der Waals surface area contributed by atoms with E-state index in [9.17, 15) is 0 Å². The van der Waals surface area contributed by atoms with Gasteiger partial charge in [0.05, 0.1) is 6.04 Å². The van der Waals surface area contributed by atoms with E-state index in [2.05, 4.69) is 18.8 Å². The molecular formula is C8H15NO. The molecule has 0 radical (unpaired) electrons. The molecule has 1 heterocycles. The average molecular weight is 141 g/mol. The summed E-state index contributed by atoms with van der Waals surface area (Å²) in [7, 11) is 0. The first-order valence-electron chi connectivity index (χ1n) is 3.99. The molecule has 0 bridgehead atoms. The average Bonchev–Trinajstić information content (AvgIpc) is 2.30. The molecule has 0 aromatic carbocycles. The summed E-state index contributed by atoms with van der Waals surface area (Å²) in [5.41, 5.74) is 0. The standard InChI is InChI=1S/C8H15NO/c1-4-7-8(5-2)10-6(3)9-7/h7-8H,4-5H2,1-3H3/t7-,8+/m1/s1. The Morgan fingerprint density at radius 1 is 1.40 bits per heavy atom. The van der Waals surface area contributed by atoms with Crippen molar-refractivity contribution in [3.05, 3.63) is 0 Å². The lowest BCUT2D eigenvalue weighted by Gasteiger charge is -2.12. The summed E-state index contributed by atoms with van der Waals surface area (Å²) in [6, 6.07) is 0.421. The van der Waals surface area contributed by atoms with Crippen LogP contribution in [0.15, 0.2) is 4.99 Å². The Bertz CT molecular complexity index is 142. The number of rotatable bonds is 2. The minimum Gasteiger partial charge on any atom is -0.476 e. The van der Waals surface area contributed by atoms with Gasteiger partial charge in [-0.15, -0.1) is 0 Å². The Morgan fingerprint density at radius 2 is 2.10 bits per heavy atom. The minimum atomic E-state index is 0.352. The second-order valence-corrected chi connectivity index (χ2v) is 2.69. The predicted molar refractivity (Wildman–Crippen MR) is 42.4 cm³/mol. The van der Waals surface area contributed by atoms with Gasteiger partial charge >= 0.3 is 0 Å². The lowest BCUT2D eigenvalue weighted by molar-refractivity contribution is 0.184. The first-order valence-corrected chi connectivity index (χ1v) is 3.99. The smallest absolute Gasteiger partial charge is 0.180 e. The zero-order valence-electron chi connectivity index (χ0n) is 6.92. The highest BCUT2D eigenvalue weighted by Gasteiger charge is 2.25. The minimum absolute atomic E-state index is 0.352. The molecule has 58 valence electrons. The fourth-order valence-electron chi connectivity index (χ4n) is 1.35. The number of hydrogen-bond donors (Lipinski definition) is 0. The lowest BCUT2D eigenvalue weighted by atomic mass is 10.1. The van der Waals surface area contributed by atoms with Crippen molar-refractivity contribution in [3.63, 3.8) is 0 Å². The molecule has 0 amide bonds. The van der Waals surface area contributed by atoms with Gasteiger partial charge in [-0.05, 0) is 12.8 Å². The van der Waals surface area contributed by atoms with Gasteiger partial charge in [-0.3, -0.25) is 0 Å². The van der Waals surface area contributed by atoms with Crippen molar-refractivity contribution in [2.75, 3.05) is 0 Å². The molecule has 1 aliphatic heterocycles. The second kappa shape index (κ2) is 3.04. The largest absolute Gasteiger partial charge is 0.476 e. The maximum absolute atomic E-state index is 5.46. The van der Waals surface area contributed by atoms with E-state index in [0.717, 1.165) is 18.7 Å². The molecule has 1 aliphatic rings. The highest BCUT2D eigenvalue weighted by molar-refractivity contribution is 5.75. The van der Waals surface area contributed by atoms with E-state index in [1.54, 1.807) is 0 Å². The molecule has 0 spiro atoms. The van der Waals surface area contributed by atoms with Gasteiger partial charge in [0.1, 0.15) is 6.10 Å². The summed E-state index contributed by atoms with van der Waals surface area (Å²) in [5, 5.41) is 0. The Hall–Kier alpha value is -0.530. The number of hydrogen-bond acceptors (Lipinski definition) is 2. The lowest BCUT2D eigenvalue weighted by Crippen LogP contribution is -2.20. The highest BCUT2D eigenvalue weighted by atomic mass is 16.5. The molecular weight excluding hydrogens is 126 g/mol. The van der Waals surface area contributed by atoms with Crippen molar-refractivity contribution in [1.82, 2.24) is 0 Å². The van der Waals surface area contributed by atoms with Crippen LogP contribution >= 0.6 is 0 Å². The van der Waals surface area contributed by atoms with E-state index < -0.39 is 0 Å². The van der Waals surface area contributed by atoms with Crippen molar-refractivity contribution in [2.45, 2.75) is 45.8 Å². The number of ether oxygens (including phenoxy) is 1. The Morgan fingerprint density at radius 3 is 2.50 bits per heavy atom. The van der Waals surface area contributed by atoms with E-state index in [0.29, 0.717) is 12.1 Å².